The van der Waals surface area contributed by atoms with E-state index >= 15 is 0 Å². The molecule has 0 fully saturated rings. The SMILES string of the molecule is CC.Cc1cnc(CNc2cc(Br)ccc2C(=O)N(C)C)cn1. The number of halogens is 1. The lowest BCUT2D eigenvalue weighted by Gasteiger charge is -2.15. The lowest BCUT2D eigenvalue weighted by Crippen LogP contribution is -2.23. The Labute approximate surface area is 146 Å². The second-order valence-electron chi connectivity index (χ2n) is 4.89. The van der Waals surface area contributed by atoms with E-state index in [2.05, 4.69) is 31.2 Å². The number of hydrogen-bond acceptors (Lipinski definition) is 4. The monoisotopic (exact) mass is 378 g/mol. The fraction of sp³-hybridized carbons (Fsp3) is 0.353. The molecule has 0 unspecified atom stereocenters. The van der Waals surface area contributed by atoms with Gasteiger partial charge < -0.3 is 10.2 Å². The maximum atomic E-state index is 12.2. The Balaban J connectivity index is 0.00000127. The average Bonchev–Trinajstić information content (AvgIpc) is 2.55. The van der Waals surface area contributed by atoms with E-state index in [1.54, 1.807) is 37.5 Å². The van der Waals surface area contributed by atoms with Gasteiger partial charge in [0, 0.05) is 30.5 Å². The smallest absolute Gasteiger partial charge is 0.255 e. The van der Waals surface area contributed by atoms with Crippen molar-refractivity contribution in [1.82, 2.24) is 14.9 Å². The normalized spacial score (nSPS) is 9.65. The third-order valence-corrected chi connectivity index (χ3v) is 3.41. The van der Waals surface area contributed by atoms with Gasteiger partial charge in [-0.2, -0.15) is 0 Å². The van der Waals surface area contributed by atoms with Gasteiger partial charge >= 0.3 is 0 Å². The summed E-state index contributed by atoms with van der Waals surface area (Å²) in [7, 11) is 3.47. The summed E-state index contributed by atoms with van der Waals surface area (Å²) in [6, 6.07) is 5.54. The molecule has 0 spiro atoms. The molecule has 0 bridgehead atoms. The molecule has 23 heavy (non-hydrogen) atoms. The molecule has 0 saturated carbocycles. The van der Waals surface area contributed by atoms with E-state index in [-0.39, 0.29) is 5.91 Å². The Kier molecular flexibility index (Phi) is 7.68. The van der Waals surface area contributed by atoms with Crippen LogP contribution >= 0.6 is 15.9 Å². The van der Waals surface area contributed by atoms with Crippen molar-refractivity contribution in [2.45, 2.75) is 27.3 Å². The van der Waals surface area contributed by atoms with Crippen LogP contribution in [0.25, 0.3) is 0 Å². The number of aromatic nitrogens is 2. The van der Waals surface area contributed by atoms with Crippen molar-refractivity contribution in [1.29, 1.82) is 0 Å². The van der Waals surface area contributed by atoms with Crippen molar-refractivity contribution >= 4 is 27.5 Å². The summed E-state index contributed by atoms with van der Waals surface area (Å²) in [4.78, 5) is 22.2. The number of nitrogens with zero attached hydrogens (tertiary/aromatic N) is 3. The van der Waals surface area contributed by atoms with Crippen LogP contribution in [-0.4, -0.2) is 34.9 Å². The molecule has 1 aromatic heterocycles. The van der Waals surface area contributed by atoms with Crippen LogP contribution in [0.15, 0.2) is 35.1 Å². The van der Waals surface area contributed by atoms with Crippen LogP contribution in [0.5, 0.6) is 0 Å². The van der Waals surface area contributed by atoms with Gasteiger partial charge in [0.2, 0.25) is 0 Å². The van der Waals surface area contributed by atoms with E-state index in [4.69, 9.17) is 0 Å². The summed E-state index contributed by atoms with van der Waals surface area (Å²) in [5, 5.41) is 3.25. The van der Waals surface area contributed by atoms with Crippen molar-refractivity contribution < 1.29 is 4.79 Å². The average molecular weight is 379 g/mol. The Morgan fingerprint density at radius 2 is 1.91 bits per heavy atom. The highest BCUT2D eigenvalue weighted by Gasteiger charge is 2.13. The minimum atomic E-state index is -0.0417. The van der Waals surface area contributed by atoms with Crippen LogP contribution < -0.4 is 5.32 Å². The first-order chi connectivity index (χ1) is 11.0. The van der Waals surface area contributed by atoms with Crippen molar-refractivity contribution in [3.05, 3.63) is 52.0 Å². The Hall–Kier alpha value is -1.95. The number of amides is 1. The largest absolute Gasteiger partial charge is 0.379 e. The predicted molar refractivity (Wildman–Crippen MR) is 97.6 cm³/mol. The standard InChI is InChI=1S/C15H17BrN4O.C2H6/c1-10-7-18-12(8-17-10)9-19-14-6-11(16)4-5-13(14)15(21)20(2)3;1-2/h4-8,19H,9H2,1-3H3;1-2H3. The number of benzene rings is 1. The minimum Gasteiger partial charge on any atom is -0.379 e. The summed E-state index contributed by atoms with van der Waals surface area (Å²) in [6.07, 6.45) is 3.46. The van der Waals surface area contributed by atoms with Crippen LogP contribution in [0.1, 0.15) is 35.6 Å². The first-order valence-corrected chi connectivity index (χ1v) is 8.29. The molecule has 1 aromatic carbocycles. The zero-order chi connectivity index (χ0) is 17.4. The molecule has 2 rings (SSSR count). The molecule has 1 N–H and O–H groups in total. The number of carbonyl (C=O) groups is 1. The van der Waals surface area contributed by atoms with Gasteiger partial charge in [0.05, 0.1) is 29.7 Å². The highest BCUT2D eigenvalue weighted by Crippen LogP contribution is 2.23. The van der Waals surface area contributed by atoms with Gasteiger partial charge in [0.1, 0.15) is 0 Å². The fourth-order valence-electron chi connectivity index (χ4n) is 1.79. The second kappa shape index (κ2) is 9.25. The molecule has 0 aliphatic carbocycles. The summed E-state index contributed by atoms with van der Waals surface area (Å²) in [6.45, 7) is 6.41. The summed E-state index contributed by atoms with van der Waals surface area (Å²) in [5.74, 6) is -0.0417. The molecule has 1 heterocycles. The molecule has 2 aromatic rings. The van der Waals surface area contributed by atoms with Crippen molar-refractivity contribution in [3.8, 4) is 0 Å². The maximum absolute atomic E-state index is 12.2. The predicted octanol–water partition coefficient (Wildman–Crippen LogP) is 3.89. The first-order valence-electron chi connectivity index (χ1n) is 7.50. The summed E-state index contributed by atoms with van der Waals surface area (Å²) >= 11 is 3.43. The van der Waals surface area contributed by atoms with Crippen LogP contribution in [-0.2, 0) is 6.54 Å². The zero-order valence-electron chi connectivity index (χ0n) is 14.2. The van der Waals surface area contributed by atoms with Gasteiger partial charge in [-0.3, -0.25) is 14.8 Å². The first kappa shape index (κ1) is 19.1. The molecule has 124 valence electrons. The Morgan fingerprint density at radius 3 is 2.48 bits per heavy atom. The third kappa shape index (κ3) is 5.63. The van der Waals surface area contributed by atoms with E-state index in [1.807, 2.05) is 32.9 Å². The summed E-state index contributed by atoms with van der Waals surface area (Å²) < 4.78 is 0.912. The quantitative estimate of drug-likeness (QED) is 0.876. The molecule has 0 atom stereocenters. The van der Waals surface area contributed by atoms with Crippen molar-refractivity contribution in [2.75, 3.05) is 19.4 Å². The molecule has 1 amide bonds. The number of carbonyl (C=O) groups excluding carboxylic acids is 1. The van der Waals surface area contributed by atoms with Gasteiger partial charge in [-0.25, -0.2) is 0 Å². The minimum absolute atomic E-state index is 0.0417. The highest BCUT2D eigenvalue weighted by atomic mass is 79.9. The van der Waals surface area contributed by atoms with Crippen LogP contribution in [0.2, 0.25) is 0 Å². The molecular formula is C17H23BrN4O. The van der Waals surface area contributed by atoms with Gasteiger partial charge in [0.15, 0.2) is 0 Å². The molecule has 0 saturated heterocycles. The number of anilines is 1. The molecule has 0 aliphatic rings. The number of rotatable bonds is 4. The Bertz CT molecular complexity index is 642. The fourth-order valence-corrected chi connectivity index (χ4v) is 2.15. The van der Waals surface area contributed by atoms with Crippen molar-refractivity contribution in [3.63, 3.8) is 0 Å². The lowest BCUT2D eigenvalue weighted by molar-refractivity contribution is 0.0828. The van der Waals surface area contributed by atoms with Gasteiger partial charge in [-0.05, 0) is 25.1 Å². The zero-order valence-corrected chi connectivity index (χ0v) is 15.8. The topological polar surface area (TPSA) is 58.1 Å². The molecular weight excluding hydrogens is 356 g/mol. The highest BCUT2D eigenvalue weighted by molar-refractivity contribution is 9.10. The van der Waals surface area contributed by atoms with Crippen molar-refractivity contribution in [2.24, 2.45) is 0 Å². The van der Waals surface area contributed by atoms with E-state index in [0.29, 0.717) is 12.1 Å². The second-order valence-corrected chi connectivity index (χ2v) is 5.81. The van der Waals surface area contributed by atoms with Crippen LogP contribution in [0.3, 0.4) is 0 Å². The maximum Gasteiger partial charge on any atom is 0.255 e. The van der Waals surface area contributed by atoms with Crippen LogP contribution in [0.4, 0.5) is 5.69 Å². The lowest BCUT2D eigenvalue weighted by atomic mass is 10.1. The summed E-state index contributed by atoms with van der Waals surface area (Å²) in [5.41, 5.74) is 3.10. The third-order valence-electron chi connectivity index (χ3n) is 2.91. The van der Waals surface area contributed by atoms with Gasteiger partial charge in [0.25, 0.3) is 5.91 Å². The molecule has 0 radical (unpaired) electrons. The molecule has 5 nitrogen and oxygen atoms in total. The molecule has 0 aliphatic heterocycles. The van der Waals surface area contributed by atoms with E-state index in [9.17, 15) is 4.79 Å². The van der Waals surface area contributed by atoms with E-state index < -0.39 is 0 Å². The number of aryl methyl sites for hydroxylation is 1. The van der Waals surface area contributed by atoms with Gasteiger partial charge in [-0.1, -0.05) is 29.8 Å². The van der Waals surface area contributed by atoms with Gasteiger partial charge in [-0.15, -0.1) is 0 Å². The van der Waals surface area contributed by atoms with E-state index in [1.165, 1.54) is 0 Å². The van der Waals surface area contributed by atoms with E-state index in [0.717, 1.165) is 21.5 Å². The Morgan fingerprint density at radius 1 is 1.22 bits per heavy atom. The number of nitrogens with one attached hydrogen (secondary N) is 1. The van der Waals surface area contributed by atoms with Crippen LogP contribution in [0, 0.1) is 6.92 Å². The molecule has 6 heteroatoms. The number of hydrogen-bond donors (Lipinski definition) is 1.